The van der Waals surface area contributed by atoms with E-state index in [-0.39, 0.29) is 0 Å². The third-order valence-corrected chi connectivity index (χ3v) is 1.89. The molecule has 0 aliphatic carbocycles. The monoisotopic (exact) mass is 155 g/mol. The summed E-state index contributed by atoms with van der Waals surface area (Å²) in [5, 5.41) is 3.47. The van der Waals surface area contributed by atoms with Gasteiger partial charge in [-0.15, -0.1) is 0 Å². The van der Waals surface area contributed by atoms with Gasteiger partial charge >= 0.3 is 0 Å². The first-order valence-corrected chi connectivity index (χ1v) is 4.06. The Bertz CT molecular complexity index is 148. The SMILES string of the molecule is [N-]=[N+]=NCCC1CCCCO1. The van der Waals surface area contributed by atoms with Crippen molar-refractivity contribution >= 4 is 0 Å². The zero-order valence-corrected chi connectivity index (χ0v) is 6.57. The Hall–Kier alpha value is -0.730. The molecule has 4 heteroatoms. The van der Waals surface area contributed by atoms with E-state index in [4.69, 9.17) is 10.3 Å². The number of azide groups is 1. The van der Waals surface area contributed by atoms with Crippen molar-refractivity contribution in [1.29, 1.82) is 0 Å². The first-order chi connectivity index (χ1) is 5.43. The number of nitrogens with zero attached hydrogens (tertiary/aromatic N) is 3. The molecule has 0 N–H and O–H groups in total. The minimum Gasteiger partial charge on any atom is -0.378 e. The van der Waals surface area contributed by atoms with Gasteiger partial charge in [-0.1, -0.05) is 5.11 Å². The second-order valence-electron chi connectivity index (χ2n) is 2.73. The van der Waals surface area contributed by atoms with Gasteiger partial charge in [0, 0.05) is 18.1 Å². The predicted molar refractivity (Wildman–Crippen MR) is 42.2 cm³/mol. The van der Waals surface area contributed by atoms with Crippen LogP contribution in [-0.4, -0.2) is 19.3 Å². The minimum absolute atomic E-state index is 0.342. The van der Waals surface area contributed by atoms with E-state index in [0.29, 0.717) is 12.6 Å². The molecule has 1 rings (SSSR count). The fraction of sp³-hybridized carbons (Fsp3) is 1.00. The smallest absolute Gasteiger partial charge is 0.0576 e. The van der Waals surface area contributed by atoms with E-state index in [2.05, 4.69) is 10.0 Å². The van der Waals surface area contributed by atoms with Crippen molar-refractivity contribution in [2.24, 2.45) is 5.11 Å². The van der Waals surface area contributed by atoms with Crippen LogP contribution in [0.1, 0.15) is 25.7 Å². The molecule has 0 bridgehead atoms. The summed E-state index contributed by atoms with van der Waals surface area (Å²) in [6.45, 7) is 1.45. The number of ether oxygens (including phenoxy) is 1. The minimum atomic E-state index is 0.342. The van der Waals surface area contributed by atoms with Gasteiger partial charge in [-0.2, -0.15) is 0 Å². The molecule has 0 radical (unpaired) electrons. The molecule has 1 fully saturated rings. The van der Waals surface area contributed by atoms with E-state index in [1.165, 1.54) is 12.8 Å². The van der Waals surface area contributed by atoms with Gasteiger partial charge in [0.1, 0.15) is 0 Å². The first-order valence-electron chi connectivity index (χ1n) is 4.06. The van der Waals surface area contributed by atoms with Crippen molar-refractivity contribution in [2.75, 3.05) is 13.2 Å². The van der Waals surface area contributed by atoms with Gasteiger partial charge in [-0.25, -0.2) is 0 Å². The van der Waals surface area contributed by atoms with Crippen LogP contribution < -0.4 is 0 Å². The van der Waals surface area contributed by atoms with Gasteiger partial charge < -0.3 is 4.74 Å². The quantitative estimate of drug-likeness (QED) is 0.350. The lowest BCUT2D eigenvalue weighted by Crippen LogP contribution is -2.19. The zero-order chi connectivity index (χ0) is 7.94. The molecule has 0 aromatic rings. The lowest BCUT2D eigenvalue weighted by Gasteiger charge is -2.21. The molecule has 1 aliphatic heterocycles. The Morgan fingerprint density at radius 3 is 3.09 bits per heavy atom. The summed E-state index contributed by atoms with van der Waals surface area (Å²) in [7, 11) is 0. The summed E-state index contributed by atoms with van der Waals surface area (Å²) in [4.78, 5) is 2.69. The molecule has 4 nitrogen and oxygen atoms in total. The predicted octanol–water partition coefficient (Wildman–Crippen LogP) is 2.26. The number of hydrogen-bond donors (Lipinski definition) is 0. The molecule has 1 heterocycles. The molecule has 1 atom stereocenters. The summed E-state index contributed by atoms with van der Waals surface area (Å²) < 4.78 is 5.44. The molecular formula is C7H13N3O. The number of hydrogen-bond acceptors (Lipinski definition) is 2. The molecule has 0 aromatic carbocycles. The van der Waals surface area contributed by atoms with Crippen LogP contribution in [0, 0.1) is 0 Å². The molecule has 1 unspecified atom stereocenters. The Morgan fingerprint density at radius 1 is 1.55 bits per heavy atom. The van der Waals surface area contributed by atoms with Crippen LogP contribution in [-0.2, 0) is 4.74 Å². The molecule has 1 saturated heterocycles. The van der Waals surface area contributed by atoms with Crippen LogP contribution in [0.15, 0.2) is 5.11 Å². The van der Waals surface area contributed by atoms with Gasteiger partial charge in [0.15, 0.2) is 0 Å². The summed E-state index contributed by atoms with van der Waals surface area (Å²) in [5.74, 6) is 0. The second-order valence-corrected chi connectivity index (χ2v) is 2.73. The molecule has 0 saturated carbocycles. The molecule has 0 amide bonds. The molecule has 11 heavy (non-hydrogen) atoms. The highest BCUT2D eigenvalue weighted by molar-refractivity contribution is 4.64. The Morgan fingerprint density at radius 2 is 2.45 bits per heavy atom. The lowest BCUT2D eigenvalue weighted by molar-refractivity contribution is 0.0128. The lowest BCUT2D eigenvalue weighted by atomic mass is 10.1. The fourth-order valence-electron chi connectivity index (χ4n) is 1.28. The van der Waals surface area contributed by atoms with Crippen molar-refractivity contribution in [3.63, 3.8) is 0 Å². The van der Waals surface area contributed by atoms with E-state index >= 15 is 0 Å². The molecule has 0 aromatic heterocycles. The van der Waals surface area contributed by atoms with Crippen molar-refractivity contribution < 1.29 is 4.74 Å². The summed E-state index contributed by atoms with van der Waals surface area (Å²) in [6, 6.07) is 0. The summed E-state index contributed by atoms with van der Waals surface area (Å²) >= 11 is 0. The molecular weight excluding hydrogens is 142 g/mol. The highest BCUT2D eigenvalue weighted by Crippen LogP contribution is 2.15. The van der Waals surface area contributed by atoms with Crippen molar-refractivity contribution in [3.05, 3.63) is 10.4 Å². The first kappa shape index (κ1) is 8.37. The van der Waals surface area contributed by atoms with Crippen molar-refractivity contribution in [2.45, 2.75) is 31.8 Å². The Labute approximate surface area is 66.2 Å². The van der Waals surface area contributed by atoms with Gasteiger partial charge in [0.25, 0.3) is 0 Å². The zero-order valence-electron chi connectivity index (χ0n) is 6.57. The van der Waals surface area contributed by atoms with Gasteiger partial charge in [0.05, 0.1) is 6.10 Å². The Balaban J connectivity index is 2.09. The highest BCUT2D eigenvalue weighted by Gasteiger charge is 2.11. The molecule has 62 valence electrons. The largest absolute Gasteiger partial charge is 0.378 e. The van der Waals surface area contributed by atoms with Crippen molar-refractivity contribution in [1.82, 2.24) is 0 Å². The van der Waals surface area contributed by atoms with Crippen molar-refractivity contribution in [3.8, 4) is 0 Å². The standard InChI is InChI=1S/C7H13N3O/c8-10-9-5-4-7-3-1-2-6-11-7/h7H,1-6H2. The molecule has 0 spiro atoms. The van der Waals surface area contributed by atoms with Gasteiger partial charge in [0.2, 0.25) is 0 Å². The third kappa shape index (κ3) is 3.25. The maximum atomic E-state index is 8.01. The van der Waals surface area contributed by atoms with E-state index in [1.807, 2.05) is 0 Å². The molecule has 1 aliphatic rings. The van der Waals surface area contributed by atoms with Crippen LogP contribution in [0.3, 0.4) is 0 Å². The van der Waals surface area contributed by atoms with E-state index < -0.39 is 0 Å². The van der Waals surface area contributed by atoms with Gasteiger partial charge in [-0.3, -0.25) is 0 Å². The second kappa shape index (κ2) is 4.99. The maximum Gasteiger partial charge on any atom is 0.0576 e. The summed E-state index contributed by atoms with van der Waals surface area (Å²) in [6.07, 6.45) is 4.78. The summed E-state index contributed by atoms with van der Waals surface area (Å²) in [5.41, 5.74) is 8.01. The van der Waals surface area contributed by atoms with E-state index in [9.17, 15) is 0 Å². The average Bonchev–Trinajstić information content (AvgIpc) is 2.07. The third-order valence-electron chi connectivity index (χ3n) is 1.89. The van der Waals surface area contributed by atoms with Gasteiger partial charge in [-0.05, 0) is 31.2 Å². The van der Waals surface area contributed by atoms with Crippen LogP contribution in [0.25, 0.3) is 10.4 Å². The average molecular weight is 155 g/mol. The Kier molecular flexibility index (Phi) is 3.80. The normalized spacial score (nSPS) is 24.2. The van der Waals surface area contributed by atoms with E-state index in [1.54, 1.807) is 0 Å². The van der Waals surface area contributed by atoms with Crippen LogP contribution >= 0.6 is 0 Å². The highest BCUT2D eigenvalue weighted by atomic mass is 16.5. The number of rotatable bonds is 3. The van der Waals surface area contributed by atoms with Crippen LogP contribution in [0.4, 0.5) is 0 Å². The fourth-order valence-corrected chi connectivity index (χ4v) is 1.28. The topological polar surface area (TPSA) is 58.0 Å². The van der Waals surface area contributed by atoms with Crippen LogP contribution in [0.5, 0.6) is 0 Å². The maximum absolute atomic E-state index is 8.01. The van der Waals surface area contributed by atoms with Crippen LogP contribution in [0.2, 0.25) is 0 Å². The van der Waals surface area contributed by atoms with E-state index in [0.717, 1.165) is 19.4 Å².